The van der Waals surface area contributed by atoms with E-state index in [0.717, 1.165) is 18.3 Å². The molecular weight excluding hydrogens is 351 g/mol. The third-order valence-corrected chi connectivity index (χ3v) is 3.31. The van der Waals surface area contributed by atoms with Gasteiger partial charge in [0.15, 0.2) is 0 Å². The number of nitriles is 1. The number of rotatable bonds is 5. The molecule has 1 amide bonds. The van der Waals surface area contributed by atoms with Crippen LogP contribution in [0.3, 0.4) is 0 Å². The van der Waals surface area contributed by atoms with Crippen molar-refractivity contribution in [2.75, 3.05) is 10.6 Å². The van der Waals surface area contributed by atoms with Crippen LogP contribution in [0.4, 0.5) is 21.5 Å². The van der Waals surface area contributed by atoms with E-state index in [2.05, 4.69) is 10.6 Å². The molecule has 0 aliphatic carbocycles. The van der Waals surface area contributed by atoms with Crippen LogP contribution in [0.15, 0.2) is 54.2 Å². The molecule has 2 N–H and O–H groups in total. The fraction of sp³-hybridized carbons (Fsp3) is 0. The Labute approximate surface area is 146 Å². The van der Waals surface area contributed by atoms with E-state index < -0.39 is 16.6 Å². The highest BCUT2D eigenvalue weighted by atomic mass is 35.5. The average Bonchev–Trinajstić information content (AvgIpc) is 2.58. The number of hydrogen-bond acceptors (Lipinski definition) is 5. The van der Waals surface area contributed by atoms with Gasteiger partial charge in [-0.2, -0.15) is 5.26 Å². The van der Waals surface area contributed by atoms with Gasteiger partial charge in [-0.25, -0.2) is 4.39 Å². The van der Waals surface area contributed by atoms with Crippen LogP contribution in [-0.4, -0.2) is 10.8 Å². The normalized spacial score (nSPS) is 10.7. The van der Waals surface area contributed by atoms with E-state index in [1.807, 2.05) is 0 Å². The molecule has 126 valence electrons. The summed E-state index contributed by atoms with van der Waals surface area (Å²) in [6.07, 6.45) is 1.10. The maximum absolute atomic E-state index is 12.8. The van der Waals surface area contributed by atoms with Crippen LogP contribution in [0.5, 0.6) is 0 Å². The summed E-state index contributed by atoms with van der Waals surface area (Å²) in [6.45, 7) is 0. The number of amides is 1. The fourth-order valence-electron chi connectivity index (χ4n) is 1.78. The van der Waals surface area contributed by atoms with Gasteiger partial charge in [0.2, 0.25) is 0 Å². The molecule has 0 bridgehead atoms. The molecule has 0 saturated carbocycles. The van der Waals surface area contributed by atoms with E-state index in [1.165, 1.54) is 30.3 Å². The number of benzene rings is 2. The van der Waals surface area contributed by atoms with Gasteiger partial charge in [0, 0.05) is 23.6 Å². The maximum Gasteiger partial charge on any atom is 0.289 e. The van der Waals surface area contributed by atoms with Gasteiger partial charge in [0.25, 0.3) is 11.6 Å². The van der Waals surface area contributed by atoms with Gasteiger partial charge < -0.3 is 10.6 Å². The SMILES string of the molecule is N#C/C(=C/Nc1ccc(Cl)c([N+](=O)[O-])c1)C(=O)Nc1ccc(F)cc1. The van der Waals surface area contributed by atoms with Crippen LogP contribution in [0.25, 0.3) is 0 Å². The Kier molecular flexibility index (Phi) is 5.66. The molecule has 0 aliphatic rings. The van der Waals surface area contributed by atoms with E-state index in [1.54, 1.807) is 6.07 Å². The van der Waals surface area contributed by atoms with E-state index >= 15 is 0 Å². The van der Waals surface area contributed by atoms with Crippen LogP contribution >= 0.6 is 11.6 Å². The summed E-state index contributed by atoms with van der Waals surface area (Å²) in [7, 11) is 0. The highest BCUT2D eigenvalue weighted by molar-refractivity contribution is 6.32. The van der Waals surface area contributed by atoms with Crippen LogP contribution in [0.2, 0.25) is 5.02 Å². The average molecular weight is 361 g/mol. The smallest absolute Gasteiger partial charge is 0.289 e. The second-order valence-corrected chi connectivity index (χ2v) is 5.11. The second kappa shape index (κ2) is 7.90. The number of nitrogens with one attached hydrogen (secondary N) is 2. The lowest BCUT2D eigenvalue weighted by Gasteiger charge is -2.05. The van der Waals surface area contributed by atoms with E-state index in [4.69, 9.17) is 16.9 Å². The van der Waals surface area contributed by atoms with Crippen LogP contribution in [-0.2, 0) is 4.79 Å². The number of hydrogen-bond donors (Lipinski definition) is 2. The minimum absolute atomic E-state index is 0.0333. The first-order valence-electron chi connectivity index (χ1n) is 6.78. The van der Waals surface area contributed by atoms with Crippen molar-refractivity contribution in [3.8, 4) is 6.07 Å². The molecule has 25 heavy (non-hydrogen) atoms. The number of anilines is 2. The minimum atomic E-state index is -0.718. The summed E-state index contributed by atoms with van der Waals surface area (Å²) in [5.41, 5.74) is 0.00405. The third-order valence-electron chi connectivity index (χ3n) is 2.99. The molecule has 2 rings (SSSR count). The Morgan fingerprint density at radius 3 is 2.48 bits per heavy atom. The van der Waals surface area contributed by atoms with E-state index in [-0.39, 0.29) is 22.0 Å². The van der Waals surface area contributed by atoms with Gasteiger partial charge in [0.05, 0.1) is 4.92 Å². The van der Waals surface area contributed by atoms with Gasteiger partial charge in [0.1, 0.15) is 22.5 Å². The standard InChI is InChI=1S/C16H10ClFN4O3/c17-14-6-5-13(7-15(14)22(24)25)20-9-10(8-19)16(23)21-12-3-1-11(18)2-4-12/h1-7,9,20H,(H,21,23)/b10-9-. The number of nitrogens with zero attached hydrogens (tertiary/aromatic N) is 2. The lowest BCUT2D eigenvalue weighted by Crippen LogP contribution is -2.14. The molecule has 0 radical (unpaired) electrons. The zero-order chi connectivity index (χ0) is 18.4. The molecule has 0 unspecified atom stereocenters. The van der Waals surface area contributed by atoms with Crippen molar-refractivity contribution in [3.05, 3.63) is 75.2 Å². The van der Waals surface area contributed by atoms with Crippen molar-refractivity contribution in [2.45, 2.75) is 0 Å². The van der Waals surface area contributed by atoms with Gasteiger partial charge >= 0.3 is 0 Å². The molecule has 0 saturated heterocycles. The van der Waals surface area contributed by atoms with Crippen LogP contribution < -0.4 is 10.6 Å². The summed E-state index contributed by atoms with van der Waals surface area (Å²) in [6, 6.07) is 10.7. The van der Waals surface area contributed by atoms with Crippen LogP contribution in [0, 0.1) is 27.3 Å². The lowest BCUT2D eigenvalue weighted by atomic mass is 10.2. The Morgan fingerprint density at radius 1 is 1.24 bits per heavy atom. The Bertz CT molecular complexity index is 891. The summed E-state index contributed by atoms with van der Waals surface area (Å²) in [4.78, 5) is 22.2. The van der Waals surface area contributed by atoms with Crippen molar-refractivity contribution in [1.29, 1.82) is 5.26 Å². The van der Waals surface area contributed by atoms with Gasteiger partial charge in [-0.05, 0) is 36.4 Å². The zero-order valence-electron chi connectivity index (χ0n) is 12.5. The molecule has 0 heterocycles. The second-order valence-electron chi connectivity index (χ2n) is 4.70. The summed E-state index contributed by atoms with van der Waals surface area (Å²) >= 11 is 5.71. The van der Waals surface area contributed by atoms with Crippen molar-refractivity contribution in [1.82, 2.24) is 0 Å². The van der Waals surface area contributed by atoms with Gasteiger partial charge in [-0.1, -0.05) is 11.6 Å². The predicted molar refractivity (Wildman–Crippen MR) is 90.5 cm³/mol. The Hall–Kier alpha value is -3.44. The van der Waals surface area contributed by atoms with Crippen molar-refractivity contribution in [3.63, 3.8) is 0 Å². The molecule has 9 heteroatoms. The van der Waals surface area contributed by atoms with E-state index in [0.29, 0.717) is 5.69 Å². The maximum atomic E-state index is 12.8. The van der Waals surface area contributed by atoms with Crippen LogP contribution in [0.1, 0.15) is 0 Å². The van der Waals surface area contributed by atoms with Crippen molar-refractivity contribution >= 4 is 34.6 Å². The van der Waals surface area contributed by atoms with E-state index in [9.17, 15) is 19.3 Å². The molecule has 0 atom stereocenters. The first kappa shape index (κ1) is 17.9. The van der Waals surface area contributed by atoms with Gasteiger partial charge in [-0.3, -0.25) is 14.9 Å². The summed E-state index contributed by atoms with van der Waals surface area (Å²) in [5, 5.41) is 24.9. The molecular formula is C16H10ClFN4O3. The third kappa shape index (κ3) is 4.76. The summed E-state index contributed by atoms with van der Waals surface area (Å²) in [5.74, 6) is -1.18. The lowest BCUT2D eigenvalue weighted by molar-refractivity contribution is -0.384. The largest absolute Gasteiger partial charge is 0.360 e. The summed E-state index contributed by atoms with van der Waals surface area (Å²) < 4.78 is 12.8. The van der Waals surface area contributed by atoms with Crippen molar-refractivity contribution in [2.24, 2.45) is 0 Å². The fourth-order valence-corrected chi connectivity index (χ4v) is 1.96. The molecule has 0 aromatic heterocycles. The molecule has 0 spiro atoms. The number of halogens is 2. The molecule has 2 aromatic rings. The number of nitro benzene ring substituents is 1. The topological polar surface area (TPSA) is 108 Å². The highest BCUT2D eigenvalue weighted by Crippen LogP contribution is 2.27. The number of carbonyl (C=O) groups is 1. The minimum Gasteiger partial charge on any atom is -0.360 e. The molecule has 2 aromatic carbocycles. The molecule has 0 fully saturated rings. The number of carbonyl (C=O) groups excluding carboxylic acids is 1. The molecule has 7 nitrogen and oxygen atoms in total. The van der Waals surface area contributed by atoms with Gasteiger partial charge in [-0.15, -0.1) is 0 Å². The number of nitro groups is 1. The quantitative estimate of drug-likeness (QED) is 0.364. The highest BCUT2D eigenvalue weighted by Gasteiger charge is 2.13. The molecule has 0 aliphatic heterocycles. The Morgan fingerprint density at radius 2 is 1.88 bits per heavy atom. The van der Waals surface area contributed by atoms with Crippen molar-refractivity contribution < 1.29 is 14.1 Å². The Balaban J connectivity index is 2.13. The first-order valence-corrected chi connectivity index (χ1v) is 7.16. The zero-order valence-corrected chi connectivity index (χ0v) is 13.2. The predicted octanol–water partition coefficient (Wildman–Crippen LogP) is 3.85. The monoisotopic (exact) mass is 360 g/mol. The first-order chi connectivity index (χ1) is 11.9.